The lowest BCUT2D eigenvalue weighted by Gasteiger charge is -2.28. The number of hydrogen-bond donors (Lipinski definition) is 5. The van der Waals surface area contributed by atoms with Gasteiger partial charge in [-0.1, -0.05) is 88.2 Å². The Hall–Kier alpha value is -4.61. The maximum atomic E-state index is 14.0. The fraction of sp³-hybridized carbons (Fsp3) is 0.462. The molecule has 0 aliphatic rings. The summed E-state index contributed by atoms with van der Waals surface area (Å²) in [6.45, 7) is 6.44. The van der Waals surface area contributed by atoms with Crippen LogP contribution < -0.4 is 21.7 Å². The Balaban J connectivity index is 0.00000141. The lowest BCUT2D eigenvalue weighted by atomic mass is 10.0. The van der Waals surface area contributed by atoms with Gasteiger partial charge >= 0.3 is 24.1 Å². The lowest BCUT2D eigenvalue weighted by molar-refractivity contribution is -0.192. The zero-order valence-corrected chi connectivity index (χ0v) is 32.4. The van der Waals surface area contributed by atoms with Crippen LogP contribution in [0.3, 0.4) is 0 Å². The van der Waals surface area contributed by atoms with E-state index >= 15 is 0 Å². The van der Waals surface area contributed by atoms with Crippen molar-refractivity contribution < 1.29 is 54.6 Å². The third-order valence-electron chi connectivity index (χ3n) is 8.47. The van der Waals surface area contributed by atoms with Crippen LogP contribution in [-0.4, -0.2) is 73.4 Å². The van der Waals surface area contributed by atoms with E-state index in [2.05, 4.69) is 22.9 Å². The van der Waals surface area contributed by atoms with Gasteiger partial charge in [0.1, 0.15) is 23.8 Å². The van der Waals surface area contributed by atoms with Crippen molar-refractivity contribution in [3.05, 3.63) is 107 Å². The molecule has 0 spiro atoms. The van der Waals surface area contributed by atoms with Crippen LogP contribution in [0.25, 0.3) is 0 Å². The highest BCUT2D eigenvalue weighted by atomic mass is 32.2. The molecule has 0 saturated heterocycles. The normalized spacial score (nSPS) is 13.2. The Morgan fingerprint density at radius 3 is 1.95 bits per heavy atom. The van der Waals surface area contributed by atoms with Gasteiger partial charge in [-0.25, -0.2) is 31.6 Å². The number of aliphatic carboxylic acids is 1. The summed E-state index contributed by atoms with van der Waals surface area (Å²) in [7, 11) is -3.85. The number of nitrogens with one attached hydrogen (secondary N) is 3. The van der Waals surface area contributed by atoms with Crippen LogP contribution in [0.4, 0.5) is 26.7 Å². The zero-order valence-electron chi connectivity index (χ0n) is 31.6. The highest BCUT2D eigenvalue weighted by Crippen LogP contribution is 2.19. The van der Waals surface area contributed by atoms with Crippen LogP contribution in [0.5, 0.6) is 0 Å². The summed E-state index contributed by atoms with van der Waals surface area (Å²) in [6, 6.07) is 16.9. The van der Waals surface area contributed by atoms with Gasteiger partial charge in [0.2, 0.25) is 0 Å². The van der Waals surface area contributed by atoms with Crippen molar-refractivity contribution in [3.63, 3.8) is 0 Å². The molecule has 0 saturated carbocycles. The SMILES string of the molecule is CCCC(CCC)S(=O)(=O)CC(NC(=O)NCc1ccccc1)C(=O)O[C@H](CNCc1cccc(CC)c1)[C@@H](N)Cc1cc(F)cc(F)c1.O=C(O)C(F)(F)F. The van der Waals surface area contributed by atoms with Gasteiger partial charge in [0, 0.05) is 31.7 Å². The number of benzene rings is 3. The number of amides is 2. The Labute approximate surface area is 324 Å². The van der Waals surface area contributed by atoms with Crippen LogP contribution in [0, 0.1) is 11.6 Å². The molecule has 0 radical (unpaired) electrons. The number of ether oxygens (including phenoxy) is 1. The second-order valence-electron chi connectivity index (χ2n) is 13.1. The topological polar surface area (TPSA) is 177 Å². The van der Waals surface area contributed by atoms with E-state index in [1.807, 2.05) is 68.4 Å². The third kappa shape index (κ3) is 17.5. The quantitative estimate of drug-likeness (QED) is 0.0678. The van der Waals surface area contributed by atoms with Crippen molar-refractivity contribution in [2.24, 2.45) is 5.73 Å². The first-order chi connectivity index (χ1) is 26.4. The fourth-order valence-electron chi connectivity index (χ4n) is 5.63. The Morgan fingerprint density at radius 2 is 1.39 bits per heavy atom. The minimum atomic E-state index is -5.08. The molecule has 3 aromatic rings. The van der Waals surface area contributed by atoms with E-state index in [4.69, 9.17) is 20.4 Å². The van der Waals surface area contributed by atoms with Crippen molar-refractivity contribution in [1.82, 2.24) is 16.0 Å². The number of alkyl halides is 3. The molecule has 56 heavy (non-hydrogen) atoms. The number of carboxylic acids is 1. The lowest BCUT2D eigenvalue weighted by Crippen LogP contribution is -2.54. The second-order valence-corrected chi connectivity index (χ2v) is 15.4. The van der Waals surface area contributed by atoms with Crippen molar-refractivity contribution in [2.45, 2.75) is 102 Å². The summed E-state index contributed by atoms with van der Waals surface area (Å²) in [6.07, 6.45) is -3.21. The van der Waals surface area contributed by atoms with Crippen LogP contribution in [0.15, 0.2) is 72.8 Å². The molecule has 0 aliphatic carbocycles. The largest absolute Gasteiger partial charge is 0.490 e. The van der Waals surface area contributed by atoms with Crippen molar-refractivity contribution >= 4 is 27.8 Å². The van der Waals surface area contributed by atoms with Crippen molar-refractivity contribution in [2.75, 3.05) is 12.3 Å². The highest BCUT2D eigenvalue weighted by Gasteiger charge is 2.38. The molecule has 17 heteroatoms. The number of urea groups is 1. The molecule has 3 aromatic carbocycles. The summed E-state index contributed by atoms with van der Waals surface area (Å²) in [5.74, 6) is -5.94. The smallest absolute Gasteiger partial charge is 0.475 e. The summed E-state index contributed by atoms with van der Waals surface area (Å²) < 4.78 is 92.8. The van der Waals surface area contributed by atoms with Gasteiger partial charge in [-0.3, -0.25) is 0 Å². The Kier molecular flexibility index (Phi) is 19.9. The minimum Gasteiger partial charge on any atom is -0.475 e. The van der Waals surface area contributed by atoms with Gasteiger partial charge in [-0.05, 0) is 60.1 Å². The number of halogens is 5. The summed E-state index contributed by atoms with van der Waals surface area (Å²) in [4.78, 5) is 35.7. The number of nitrogens with two attached hydrogens (primary N) is 1. The van der Waals surface area contributed by atoms with Crippen molar-refractivity contribution in [3.8, 4) is 0 Å². The number of esters is 1. The van der Waals surface area contributed by atoms with E-state index in [0.717, 1.165) is 41.3 Å². The maximum Gasteiger partial charge on any atom is 0.490 e. The molecule has 6 N–H and O–H groups in total. The first kappa shape index (κ1) is 47.5. The first-order valence-electron chi connectivity index (χ1n) is 18.2. The van der Waals surface area contributed by atoms with Gasteiger partial charge in [-0.15, -0.1) is 0 Å². The summed E-state index contributed by atoms with van der Waals surface area (Å²) >= 11 is 0. The number of aryl methyl sites for hydroxylation is 1. The predicted molar refractivity (Wildman–Crippen MR) is 202 cm³/mol. The molecule has 310 valence electrons. The van der Waals surface area contributed by atoms with E-state index in [1.54, 1.807) is 0 Å². The van der Waals surface area contributed by atoms with E-state index in [1.165, 1.54) is 0 Å². The monoisotopic (exact) mass is 814 g/mol. The molecule has 2 amide bonds. The molecular formula is C39H51F5N4O7S. The van der Waals surface area contributed by atoms with Crippen molar-refractivity contribution in [1.29, 1.82) is 0 Å². The molecule has 3 atom stereocenters. The number of sulfone groups is 1. The van der Waals surface area contributed by atoms with Gasteiger partial charge < -0.3 is 31.5 Å². The molecule has 0 bridgehead atoms. The average molecular weight is 815 g/mol. The van der Waals surface area contributed by atoms with Crippen LogP contribution in [0.2, 0.25) is 0 Å². The Bertz CT molecular complexity index is 1770. The zero-order chi connectivity index (χ0) is 41.9. The molecule has 3 rings (SSSR count). The van der Waals surface area contributed by atoms with Crippen LogP contribution in [0.1, 0.15) is 68.7 Å². The molecule has 1 unspecified atom stereocenters. The average Bonchev–Trinajstić information content (AvgIpc) is 3.13. The molecule has 0 aromatic heterocycles. The maximum absolute atomic E-state index is 14.0. The standard InChI is InChI=1S/C37H50F2N4O5S.C2HF3O2/c1-4-11-32(12-5-2)49(46,47)25-34(43-37(45)42-23-27-13-8-7-9-14-27)36(44)48-35(24-41-22-28-16-10-15-26(6-3)17-28)33(40)20-29-18-30(38)21-31(39)19-29;3-2(4,5)1(6)7/h7-10,13-19,21,32-35,41H,4-6,11-12,20,22-25,40H2,1-3H3,(H2,42,43,45);(H,6,7)/t33-,34?,35+;/m0./s1. The number of carboxylic acid groups (broad SMARTS) is 1. The van der Waals surface area contributed by atoms with Crippen LogP contribution >= 0.6 is 0 Å². The molecular weight excluding hydrogens is 764 g/mol. The summed E-state index contributed by atoms with van der Waals surface area (Å²) in [5.41, 5.74) is 9.73. The molecule has 0 aliphatic heterocycles. The van der Waals surface area contributed by atoms with Gasteiger partial charge in [0.05, 0.1) is 11.0 Å². The highest BCUT2D eigenvalue weighted by molar-refractivity contribution is 7.92. The number of rotatable bonds is 20. The van der Waals surface area contributed by atoms with Gasteiger partial charge in [0.25, 0.3) is 0 Å². The number of carbonyl (C=O) groups excluding carboxylic acids is 2. The first-order valence-corrected chi connectivity index (χ1v) is 19.9. The number of carbonyl (C=O) groups is 3. The second kappa shape index (κ2) is 23.5. The summed E-state index contributed by atoms with van der Waals surface area (Å²) in [5, 5.41) is 14.9. The van der Waals surface area contributed by atoms with E-state index < -0.39 is 74.8 Å². The van der Waals surface area contributed by atoms with Gasteiger partial charge in [-0.2, -0.15) is 13.2 Å². The Morgan fingerprint density at radius 1 is 0.821 bits per heavy atom. The van der Waals surface area contributed by atoms with E-state index in [0.29, 0.717) is 32.2 Å². The molecule has 0 heterocycles. The third-order valence-corrected chi connectivity index (χ3v) is 10.8. The van der Waals surface area contributed by atoms with E-state index in [-0.39, 0.29) is 25.1 Å². The van der Waals surface area contributed by atoms with Crippen LogP contribution in [-0.2, 0) is 50.1 Å². The fourth-order valence-corrected chi connectivity index (χ4v) is 7.78. The molecule has 0 fully saturated rings. The predicted octanol–water partition coefficient (Wildman–Crippen LogP) is 5.98. The minimum absolute atomic E-state index is 0.0390. The molecule has 11 nitrogen and oxygen atoms in total. The number of hydrogen-bond acceptors (Lipinski definition) is 8. The van der Waals surface area contributed by atoms with E-state index in [9.17, 15) is 40.0 Å². The van der Waals surface area contributed by atoms with Gasteiger partial charge in [0.15, 0.2) is 9.84 Å².